The molecular formula is C20H27N3O2. The Kier molecular flexibility index (Phi) is 6.30. The smallest absolute Gasteiger partial charge is 0.317 e. The predicted molar refractivity (Wildman–Crippen MR) is 95.8 cm³/mol. The highest BCUT2D eigenvalue weighted by Crippen LogP contribution is 2.28. The zero-order chi connectivity index (χ0) is 17.5. The maximum absolute atomic E-state index is 12.7. The summed E-state index contributed by atoms with van der Waals surface area (Å²) in [6, 6.07) is 12.6. The Bertz CT molecular complexity index is 585. The van der Waals surface area contributed by atoms with Crippen LogP contribution in [0, 0.1) is 23.2 Å². The fourth-order valence-corrected chi connectivity index (χ4v) is 3.73. The summed E-state index contributed by atoms with van der Waals surface area (Å²) in [7, 11) is 0. The van der Waals surface area contributed by atoms with E-state index in [1.165, 1.54) is 0 Å². The molecule has 0 radical (unpaired) electrons. The number of hydrogen-bond acceptors (Lipinski definition) is 3. The third-order valence-corrected chi connectivity index (χ3v) is 5.37. The summed E-state index contributed by atoms with van der Waals surface area (Å²) in [6.07, 6.45) is 4.63. The molecule has 1 aromatic rings. The average molecular weight is 341 g/mol. The summed E-state index contributed by atoms with van der Waals surface area (Å²) < 4.78 is 5.46. The largest absolute Gasteiger partial charge is 0.381 e. The number of hydrogen-bond donors (Lipinski definition) is 1. The van der Waals surface area contributed by atoms with E-state index in [9.17, 15) is 4.79 Å². The van der Waals surface area contributed by atoms with Crippen molar-refractivity contribution in [1.82, 2.24) is 10.2 Å². The number of urea groups is 1. The molecule has 0 unspecified atom stereocenters. The average Bonchev–Trinajstić information content (AvgIpc) is 2.69. The molecular weight excluding hydrogens is 314 g/mol. The van der Waals surface area contributed by atoms with Gasteiger partial charge in [-0.2, -0.15) is 5.26 Å². The molecule has 0 bridgehead atoms. The van der Waals surface area contributed by atoms with Crippen LogP contribution < -0.4 is 5.32 Å². The molecule has 0 saturated carbocycles. The Morgan fingerprint density at radius 2 is 1.88 bits per heavy atom. The van der Waals surface area contributed by atoms with Gasteiger partial charge in [-0.3, -0.25) is 0 Å². The van der Waals surface area contributed by atoms with Crippen molar-refractivity contribution in [3.63, 3.8) is 0 Å². The summed E-state index contributed by atoms with van der Waals surface area (Å²) in [5, 5.41) is 12.3. The van der Waals surface area contributed by atoms with Crippen molar-refractivity contribution in [3.8, 4) is 6.07 Å². The lowest BCUT2D eigenvalue weighted by atomic mass is 9.89. The summed E-state index contributed by atoms with van der Waals surface area (Å²) in [6.45, 7) is 2.98. The van der Waals surface area contributed by atoms with Gasteiger partial charge in [-0.1, -0.05) is 30.3 Å². The van der Waals surface area contributed by atoms with E-state index in [1.807, 2.05) is 23.1 Å². The lowest BCUT2D eigenvalue weighted by Crippen LogP contribution is -2.45. The van der Waals surface area contributed by atoms with Crippen molar-refractivity contribution >= 4 is 6.03 Å². The summed E-state index contributed by atoms with van der Waals surface area (Å²) in [5.74, 6) is 0.680. The Morgan fingerprint density at radius 3 is 2.52 bits per heavy atom. The first-order chi connectivity index (χ1) is 12.3. The van der Waals surface area contributed by atoms with Crippen molar-refractivity contribution in [2.75, 3.05) is 26.3 Å². The Balaban J connectivity index is 1.63. The molecule has 2 aliphatic heterocycles. The number of amides is 2. The highest BCUT2D eigenvalue weighted by Gasteiger charge is 2.26. The molecule has 0 spiro atoms. The minimum absolute atomic E-state index is 0.00250. The zero-order valence-electron chi connectivity index (χ0n) is 14.7. The van der Waals surface area contributed by atoms with E-state index in [1.54, 1.807) is 0 Å². The van der Waals surface area contributed by atoms with Crippen molar-refractivity contribution in [3.05, 3.63) is 35.9 Å². The highest BCUT2D eigenvalue weighted by atomic mass is 16.5. The van der Waals surface area contributed by atoms with Crippen molar-refractivity contribution in [2.24, 2.45) is 11.8 Å². The molecule has 1 atom stereocenters. The Labute approximate surface area is 150 Å². The molecule has 2 aliphatic rings. The van der Waals surface area contributed by atoms with E-state index in [4.69, 9.17) is 10.00 Å². The first-order valence-electron chi connectivity index (χ1n) is 9.34. The van der Waals surface area contributed by atoms with Crippen LogP contribution in [0.1, 0.15) is 43.7 Å². The van der Waals surface area contributed by atoms with E-state index in [2.05, 4.69) is 23.5 Å². The molecule has 1 aromatic carbocycles. The number of ether oxygens (including phenoxy) is 1. The number of nitriles is 1. The van der Waals surface area contributed by atoms with Crippen LogP contribution in [0.2, 0.25) is 0 Å². The minimum Gasteiger partial charge on any atom is -0.381 e. The predicted octanol–water partition coefficient (Wildman–Crippen LogP) is 3.49. The Hall–Kier alpha value is -2.06. The van der Waals surface area contributed by atoms with Crippen LogP contribution in [-0.4, -0.2) is 37.2 Å². The molecule has 2 saturated heterocycles. The Morgan fingerprint density at radius 1 is 1.20 bits per heavy atom. The fraction of sp³-hybridized carbons (Fsp3) is 0.600. The van der Waals surface area contributed by atoms with Gasteiger partial charge in [0.05, 0.1) is 12.1 Å². The van der Waals surface area contributed by atoms with Crippen LogP contribution in [0.4, 0.5) is 4.79 Å². The third-order valence-electron chi connectivity index (χ3n) is 5.37. The van der Waals surface area contributed by atoms with Gasteiger partial charge in [0.25, 0.3) is 0 Å². The number of nitrogens with one attached hydrogen (secondary N) is 1. The molecule has 5 nitrogen and oxygen atoms in total. The first kappa shape index (κ1) is 17.8. The van der Waals surface area contributed by atoms with Crippen LogP contribution in [0.25, 0.3) is 0 Å². The highest BCUT2D eigenvalue weighted by molar-refractivity contribution is 5.74. The quantitative estimate of drug-likeness (QED) is 0.911. The summed E-state index contributed by atoms with van der Waals surface area (Å²) >= 11 is 0. The molecule has 3 rings (SSSR count). The van der Waals surface area contributed by atoms with Crippen molar-refractivity contribution < 1.29 is 9.53 Å². The van der Waals surface area contributed by atoms with E-state index in [-0.39, 0.29) is 18.0 Å². The van der Waals surface area contributed by atoms with Crippen LogP contribution >= 0.6 is 0 Å². The number of carbonyl (C=O) groups excluding carboxylic acids is 1. The van der Waals surface area contributed by atoms with E-state index in [0.29, 0.717) is 19.0 Å². The monoisotopic (exact) mass is 341 g/mol. The molecule has 1 N–H and O–H groups in total. The van der Waals surface area contributed by atoms with Gasteiger partial charge in [0.15, 0.2) is 0 Å². The standard InChI is InChI=1S/C20H27N3O2/c21-15-17-6-10-23(11-7-17)20(24)22-19(18-4-2-1-3-5-18)14-16-8-12-25-13-9-16/h1-5,16-17,19H,6-14H2,(H,22,24)/t19-/m0/s1. The maximum Gasteiger partial charge on any atom is 0.317 e. The van der Waals surface area contributed by atoms with Gasteiger partial charge < -0.3 is 15.0 Å². The number of piperidine rings is 1. The number of benzene rings is 1. The fourth-order valence-electron chi connectivity index (χ4n) is 3.73. The second-order valence-electron chi connectivity index (χ2n) is 7.09. The van der Waals surface area contributed by atoms with Gasteiger partial charge in [0, 0.05) is 32.2 Å². The second kappa shape index (κ2) is 8.87. The van der Waals surface area contributed by atoms with Gasteiger partial charge in [-0.25, -0.2) is 4.79 Å². The van der Waals surface area contributed by atoms with Crippen LogP contribution in [0.3, 0.4) is 0 Å². The topological polar surface area (TPSA) is 65.4 Å². The van der Waals surface area contributed by atoms with Gasteiger partial charge in [0.2, 0.25) is 0 Å². The molecule has 0 aromatic heterocycles. The van der Waals surface area contributed by atoms with Gasteiger partial charge in [-0.15, -0.1) is 0 Å². The maximum atomic E-state index is 12.7. The van der Waals surface area contributed by atoms with Crippen LogP contribution in [0.15, 0.2) is 30.3 Å². The molecule has 2 amide bonds. The second-order valence-corrected chi connectivity index (χ2v) is 7.09. The minimum atomic E-state index is -0.00250. The first-order valence-corrected chi connectivity index (χ1v) is 9.34. The SMILES string of the molecule is N#CC1CCN(C(=O)N[C@@H](CC2CCOCC2)c2ccccc2)CC1. The van der Waals surface area contributed by atoms with E-state index in [0.717, 1.165) is 50.9 Å². The molecule has 0 aliphatic carbocycles. The van der Waals surface area contributed by atoms with Crippen LogP contribution in [0.5, 0.6) is 0 Å². The normalized spacial score (nSPS) is 20.7. The van der Waals surface area contributed by atoms with E-state index < -0.39 is 0 Å². The summed E-state index contributed by atoms with van der Waals surface area (Å²) in [5.41, 5.74) is 1.16. The molecule has 25 heavy (non-hydrogen) atoms. The van der Waals surface area contributed by atoms with E-state index >= 15 is 0 Å². The van der Waals surface area contributed by atoms with Gasteiger partial charge in [-0.05, 0) is 43.6 Å². The number of likely N-dealkylation sites (tertiary alicyclic amines) is 1. The van der Waals surface area contributed by atoms with Crippen molar-refractivity contribution in [2.45, 2.75) is 38.1 Å². The number of rotatable bonds is 4. The zero-order valence-corrected chi connectivity index (χ0v) is 14.7. The third kappa shape index (κ3) is 4.96. The lowest BCUT2D eigenvalue weighted by molar-refractivity contribution is 0.0605. The van der Waals surface area contributed by atoms with Crippen LogP contribution in [-0.2, 0) is 4.74 Å². The van der Waals surface area contributed by atoms with Gasteiger partial charge in [0.1, 0.15) is 0 Å². The molecule has 2 fully saturated rings. The molecule has 2 heterocycles. The summed E-state index contributed by atoms with van der Waals surface area (Å²) in [4.78, 5) is 14.6. The molecule has 134 valence electrons. The van der Waals surface area contributed by atoms with Gasteiger partial charge >= 0.3 is 6.03 Å². The number of carbonyl (C=O) groups is 1. The number of nitrogens with zero attached hydrogens (tertiary/aromatic N) is 2. The molecule has 5 heteroatoms. The van der Waals surface area contributed by atoms with Crippen molar-refractivity contribution in [1.29, 1.82) is 5.26 Å². The lowest BCUT2D eigenvalue weighted by Gasteiger charge is -2.33.